The van der Waals surface area contributed by atoms with Crippen molar-refractivity contribution >= 4 is 17.0 Å². The predicted molar refractivity (Wildman–Crippen MR) is 69.1 cm³/mol. The van der Waals surface area contributed by atoms with Gasteiger partial charge in [-0.3, -0.25) is 0 Å². The van der Waals surface area contributed by atoms with Crippen molar-refractivity contribution in [2.75, 3.05) is 7.05 Å². The van der Waals surface area contributed by atoms with Crippen LogP contribution in [0.5, 0.6) is 0 Å². The van der Waals surface area contributed by atoms with Gasteiger partial charge < -0.3 is 9.72 Å². The molecule has 0 amide bonds. The molecule has 0 bridgehead atoms. The van der Waals surface area contributed by atoms with E-state index in [1.54, 1.807) is 11.3 Å². The summed E-state index contributed by atoms with van der Waals surface area (Å²) in [5.74, 6) is 0. The molecule has 0 aromatic carbocycles. The van der Waals surface area contributed by atoms with Crippen LogP contribution >= 0.6 is 11.3 Å². The van der Waals surface area contributed by atoms with Gasteiger partial charge >= 0.3 is 0 Å². The van der Waals surface area contributed by atoms with E-state index in [4.69, 9.17) is 0 Å². The van der Waals surface area contributed by atoms with E-state index in [-0.39, 0.29) is 0 Å². The Labute approximate surface area is 103 Å². The fraction of sp³-hybridized carbons (Fsp3) is 0.167. The normalized spacial score (nSPS) is 11.1. The molecule has 0 atom stereocenters. The zero-order chi connectivity index (χ0) is 11.7. The largest absolute Gasteiger partial charge is 0.315 e. The SMILES string of the molecule is CNCc1cnc(-c2cn3ccccc3n2)s1. The van der Waals surface area contributed by atoms with Crippen molar-refractivity contribution in [3.8, 4) is 10.7 Å². The topological polar surface area (TPSA) is 42.2 Å². The molecule has 3 rings (SSSR count). The number of imidazole rings is 1. The highest BCUT2D eigenvalue weighted by atomic mass is 32.1. The maximum Gasteiger partial charge on any atom is 0.143 e. The van der Waals surface area contributed by atoms with Crippen LogP contribution in [0, 0.1) is 0 Å². The molecule has 5 heteroatoms. The minimum Gasteiger partial charge on any atom is -0.315 e. The second kappa shape index (κ2) is 4.27. The minimum absolute atomic E-state index is 0.852. The molecule has 0 fully saturated rings. The van der Waals surface area contributed by atoms with Crippen molar-refractivity contribution in [1.29, 1.82) is 0 Å². The fourth-order valence-corrected chi connectivity index (χ4v) is 2.60. The highest BCUT2D eigenvalue weighted by molar-refractivity contribution is 7.14. The average molecular weight is 244 g/mol. The molecule has 0 saturated carbocycles. The van der Waals surface area contributed by atoms with Crippen LogP contribution in [-0.2, 0) is 6.54 Å². The van der Waals surface area contributed by atoms with E-state index in [9.17, 15) is 0 Å². The molecule has 0 saturated heterocycles. The Morgan fingerprint density at radius 2 is 2.35 bits per heavy atom. The number of nitrogens with one attached hydrogen (secondary N) is 1. The number of rotatable bonds is 3. The van der Waals surface area contributed by atoms with E-state index in [1.165, 1.54) is 4.88 Å². The first-order valence-corrected chi connectivity index (χ1v) is 6.22. The van der Waals surface area contributed by atoms with Gasteiger partial charge in [-0.1, -0.05) is 6.07 Å². The maximum absolute atomic E-state index is 4.55. The lowest BCUT2D eigenvalue weighted by atomic mass is 10.5. The van der Waals surface area contributed by atoms with Gasteiger partial charge in [-0.15, -0.1) is 11.3 Å². The third-order valence-corrected chi connectivity index (χ3v) is 3.51. The molecule has 3 aromatic heterocycles. The van der Waals surface area contributed by atoms with Crippen LogP contribution in [-0.4, -0.2) is 21.4 Å². The first-order valence-electron chi connectivity index (χ1n) is 5.40. The van der Waals surface area contributed by atoms with Crippen LogP contribution in [0.15, 0.2) is 36.8 Å². The summed E-state index contributed by atoms with van der Waals surface area (Å²) in [6.45, 7) is 0.852. The summed E-state index contributed by atoms with van der Waals surface area (Å²) < 4.78 is 2.01. The predicted octanol–water partition coefficient (Wildman–Crippen LogP) is 2.18. The summed E-state index contributed by atoms with van der Waals surface area (Å²) in [5.41, 5.74) is 1.89. The van der Waals surface area contributed by atoms with Gasteiger partial charge in [0.05, 0.1) is 0 Å². The molecule has 0 unspecified atom stereocenters. The molecule has 3 aromatic rings. The Kier molecular flexibility index (Phi) is 2.62. The van der Waals surface area contributed by atoms with Gasteiger partial charge in [0, 0.05) is 30.0 Å². The van der Waals surface area contributed by atoms with Crippen LogP contribution in [0.25, 0.3) is 16.3 Å². The zero-order valence-corrected chi connectivity index (χ0v) is 10.2. The van der Waals surface area contributed by atoms with Crippen LogP contribution < -0.4 is 5.32 Å². The third kappa shape index (κ3) is 1.94. The Balaban J connectivity index is 2.01. The highest BCUT2D eigenvalue weighted by Gasteiger charge is 2.08. The van der Waals surface area contributed by atoms with Crippen molar-refractivity contribution in [1.82, 2.24) is 19.7 Å². The molecule has 4 nitrogen and oxygen atoms in total. The lowest BCUT2D eigenvalue weighted by Crippen LogP contribution is -2.02. The third-order valence-electron chi connectivity index (χ3n) is 2.49. The number of hydrogen-bond acceptors (Lipinski definition) is 4. The van der Waals surface area contributed by atoms with Gasteiger partial charge in [0.2, 0.25) is 0 Å². The molecular weight excluding hydrogens is 232 g/mol. The Morgan fingerprint density at radius 1 is 1.41 bits per heavy atom. The molecule has 0 aliphatic carbocycles. The van der Waals surface area contributed by atoms with E-state index in [2.05, 4.69) is 15.3 Å². The van der Waals surface area contributed by atoms with Gasteiger partial charge in [-0.2, -0.15) is 0 Å². The van der Waals surface area contributed by atoms with Gasteiger partial charge in [0.15, 0.2) is 0 Å². The number of fused-ring (bicyclic) bond motifs is 1. The lowest BCUT2D eigenvalue weighted by Gasteiger charge is -1.89. The van der Waals surface area contributed by atoms with Gasteiger partial charge in [-0.05, 0) is 19.2 Å². The van der Waals surface area contributed by atoms with E-state index in [0.29, 0.717) is 0 Å². The zero-order valence-electron chi connectivity index (χ0n) is 9.42. The second-order valence-electron chi connectivity index (χ2n) is 3.75. The first kappa shape index (κ1) is 10.4. The molecule has 0 aliphatic heterocycles. The van der Waals surface area contributed by atoms with Crippen molar-refractivity contribution in [2.45, 2.75) is 6.54 Å². The molecule has 0 aliphatic rings. The van der Waals surface area contributed by atoms with Crippen LogP contribution in [0.2, 0.25) is 0 Å². The smallest absolute Gasteiger partial charge is 0.143 e. The molecule has 0 spiro atoms. The number of thiazole rings is 1. The minimum atomic E-state index is 0.852. The van der Waals surface area contributed by atoms with E-state index in [1.807, 2.05) is 48.2 Å². The summed E-state index contributed by atoms with van der Waals surface area (Å²) in [7, 11) is 1.93. The van der Waals surface area contributed by atoms with Crippen LogP contribution in [0.1, 0.15) is 4.88 Å². The summed E-state index contributed by atoms with van der Waals surface area (Å²) in [4.78, 5) is 10.2. The van der Waals surface area contributed by atoms with Gasteiger partial charge in [0.1, 0.15) is 16.3 Å². The van der Waals surface area contributed by atoms with Crippen LogP contribution in [0.3, 0.4) is 0 Å². The number of nitrogens with zero attached hydrogens (tertiary/aromatic N) is 3. The van der Waals surface area contributed by atoms with E-state index in [0.717, 1.165) is 22.9 Å². The standard InChI is InChI=1S/C12H12N4S/c1-13-6-9-7-14-12(17-9)10-8-16-5-3-2-4-11(16)15-10/h2-5,7-8,13H,6H2,1H3. The van der Waals surface area contributed by atoms with E-state index < -0.39 is 0 Å². The summed E-state index contributed by atoms with van der Waals surface area (Å²) >= 11 is 1.68. The molecule has 17 heavy (non-hydrogen) atoms. The van der Waals surface area contributed by atoms with Crippen molar-refractivity contribution in [3.05, 3.63) is 41.7 Å². The molecule has 0 radical (unpaired) electrons. The monoisotopic (exact) mass is 244 g/mol. The summed E-state index contributed by atoms with van der Waals surface area (Å²) in [6, 6.07) is 5.97. The fourth-order valence-electron chi connectivity index (χ4n) is 1.72. The highest BCUT2D eigenvalue weighted by Crippen LogP contribution is 2.24. The lowest BCUT2D eigenvalue weighted by molar-refractivity contribution is 0.829. The van der Waals surface area contributed by atoms with Gasteiger partial charge in [-0.25, -0.2) is 9.97 Å². The summed E-state index contributed by atoms with van der Waals surface area (Å²) in [5, 5.41) is 4.09. The number of hydrogen-bond donors (Lipinski definition) is 1. The van der Waals surface area contributed by atoms with Crippen LogP contribution in [0.4, 0.5) is 0 Å². The molecule has 1 N–H and O–H groups in total. The average Bonchev–Trinajstić information content (AvgIpc) is 2.94. The summed E-state index contributed by atoms with van der Waals surface area (Å²) in [6.07, 6.45) is 5.91. The van der Waals surface area contributed by atoms with E-state index >= 15 is 0 Å². The van der Waals surface area contributed by atoms with Crippen molar-refractivity contribution in [2.24, 2.45) is 0 Å². The first-order chi connectivity index (χ1) is 8.36. The van der Waals surface area contributed by atoms with Crippen molar-refractivity contribution < 1.29 is 0 Å². The number of pyridine rings is 1. The number of aromatic nitrogens is 3. The Bertz CT molecular complexity index is 608. The molecular formula is C12H12N4S. The quantitative estimate of drug-likeness (QED) is 0.768. The Hall–Kier alpha value is -1.72. The van der Waals surface area contributed by atoms with Gasteiger partial charge in [0.25, 0.3) is 0 Å². The molecule has 3 heterocycles. The molecule has 86 valence electrons. The van der Waals surface area contributed by atoms with Crippen molar-refractivity contribution in [3.63, 3.8) is 0 Å². The second-order valence-corrected chi connectivity index (χ2v) is 4.87. The maximum atomic E-state index is 4.55. The Morgan fingerprint density at radius 3 is 3.18 bits per heavy atom.